The summed E-state index contributed by atoms with van der Waals surface area (Å²) in [5, 5.41) is -0.0826. The molecule has 0 spiro atoms. The number of aliphatic imine (C=N–C) groups is 3. The molecule has 0 aromatic heterocycles. The van der Waals surface area contributed by atoms with E-state index >= 15 is 0 Å². The van der Waals surface area contributed by atoms with Gasteiger partial charge in [-0.05, 0) is 0 Å². The molecule has 8 N–H and O–H groups in total. The first kappa shape index (κ1) is 11.4. The molecule has 1 aliphatic heterocycles. The van der Waals surface area contributed by atoms with E-state index in [0.717, 1.165) is 0 Å². The quantitative estimate of drug-likeness (QED) is 0.288. The van der Waals surface area contributed by atoms with Crippen LogP contribution in [0.15, 0.2) is 15.0 Å². The van der Waals surface area contributed by atoms with E-state index in [1.165, 1.54) is 0 Å². The third-order valence-corrected chi connectivity index (χ3v) is 1.86. The second kappa shape index (κ2) is 4.24. The number of amides is 1. The molecule has 1 heterocycles. The number of amidine groups is 1. The monoisotopic (exact) mass is 231 g/mol. The molecule has 9 heteroatoms. The topological polar surface area (TPSA) is 158 Å². The Morgan fingerprint density at radius 3 is 2.53 bits per heavy atom. The Morgan fingerprint density at radius 2 is 2.00 bits per heavy atom. The van der Waals surface area contributed by atoms with Crippen LogP contribution >= 0.6 is 11.6 Å². The number of carbonyl (C=O) groups is 1. The first-order chi connectivity index (χ1) is 6.91. The summed E-state index contributed by atoms with van der Waals surface area (Å²) in [6.07, 6.45) is -0.928. The van der Waals surface area contributed by atoms with Crippen molar-refractivity contribution in [1.29, 1.82) is 0 Å². The lowest BCUT2D eigenvalue weighted by Crippen LogP contribution is -2.44. The van der Waals surface area contributed by atoms with Gasteiger partial charge >= 0.3 is 0 Å². The van der Waals surface area contributed by atoms with Gasteiger partial charge in [-0.3, -0.25) is 9.79 Å². The minimum absolute atomic E-state index is 0.0158. The Labute approximate surface area is 90.1 Å². The van der Waals surface area contributed by atoms with Gasteiger partial charge in [-0.25, -0.2) is 4.99 Å². The summed E-state index contributed by atoms with van der Waals surface area (Å²) in [5.41, 5.74) is 20.9. The molecule has 0 saturated carbocycles. The predicted octanol–water partition coefficient (Wildman–Crippen LogP) is -2.55. The molecule has 1 amide bonds. The maximum Gasteiger partial charge on any atom is 0.277 e. The highest BCUT2D eigenvalue weighted by Gasteiger charge is 2.29. The van der Waals surface area contributed by atoms with E-state index in [2.05, 4.69) is 15.0 Å². The molecule has 2 atom stereocenters. The molecule has 0 fully saturated rings. The molecule has 15 heavy (non-hydrogen) atoms. The van der Waals surface area contributed by atoms with E-state index in [-0.39, 0.29) is 17.0 Å². The number of halogens is 1. The predicted molar refractivity (Wildman–Crippen MR) is 57.5 cm³/mol. The minimum atomic E-state index is -1.04. The van der Waals surface area contributed by atoms with E-state index in [1.807, 2.05) is 0 Å². The Hall–Kier alpha value is -1.67. The lowest BCUT2D eigenvalue weighted by atomic mass is 10.2. The Morgan fingerprint density at radius 1 is 1.40 bits per heavy atom. The van der Waals surface area contributed by atoms with Crippen molar-refractivity contribution in [2.24, 2.45) is 37.9 Å². The molecule has 0 aliphatic carbocycles. The minimum Gasteiger partial charge on any atom is -0.381 e. The van der Waals surface area contributed by atoms with Gasteiger partial charge in [-0.15, -0.1) is 0 Å². The highest BCUT2D eigenvalue weighted by atomic mass is 35.5. The van der Waals surface area contributed by atoms with Crippen LogP contribution in [-0.2, 0) is 4.79 Å². The summed E-state index contributed by atoms with van der Waals surface area (Å²) >= 11 is 5.58. The van der Waals surface area contributed by atoms with Crippen LogP contribution in [0.2, 0.25) is 0 Å². The highest BCUT2D eigenvalue weighted by Crippen LogP contribution is 2.09. The third kappa shape index (κ3) is 2.64. The van der Waals surface area contributed by atoms with Crippen LogP contribution in [-0.4, -0.2) is 35.1 Å². The van der Waals surface area contributed by atoms with Crippen molar-refractivity contribution in [1.82, 2.24) is 0 Å². The van der Waals surface area contributed by atoms with Crippen LogP contribution < -0.4 is 22.9 Å². The SMILES string of the molecule is NC(N)=NC(=O)C1N=C(Cl)C(N)=NC1N. The molecular formula is C6H10ClN7O. The molecular weight excluding hydrogens is 222 g/mol. The van der Waals surface area contributed by atoms with Crippen molar-refractivity contribution in [3.8, 4) is 0 Å². The summed E-state index contributed by atoms with van der Waals surface area (Å²) in [6, 6.07) is -1.04. The van der Waals surface area contributed by atoms with Gasteiger partial charge in [-0.2, -0.15) is 4.99 Å². The van der Waals surface area contributed by atoms with Crippen molar-refractivity contribution in [2.75, 3.05) is 0 Å². The second-order valence-corrected chi connectivity index (χ2v) is 3.10. The van der Waals surface area contributed by atoms with Gasteiger partial charge in [0.2, 0.25) is 0 Å². The van der Waals surface area contributed by atoms with Crippen molar-refractivity contribution < 1.29 is 4.79 Å². The van der Waals surface area contributed by atoms with E-state index in [4.69, 9.17) is 34.5 Å². The van der Waals surface area contributed by atoms with Gasteiger partial charge in [-0.1, -0.05) is 11.6 Å². The number of nitrogens with zero attached hydrogens (tertiary/aromatic N) is 3. The lowest BCUT2D eigenvalue weighted by molar-refractivity contribution is -0.119. The zero-order chi connectivity index (χ0) is 11.6. The molecule has 0 saturated heterocycles. The number of carbonyl (C=O) groups excluding carboxylic acids is 1. The summed E-state index contributed by atoms with van der Waals surface area (Å²) in [6.45, 7) is 0. The smallest absolute Gasteiger partial charge is 0.277 e. The maximum absolute atomic E-state index is 11.4. The molecule has 0 aromatic rings. The first-order valence-corrected chi connectivity index (χ1v) is 4.25. The van der Waals surface area contributed by atoms with Crippen LogP contribution in [0.4, 0.5) is 0 Å². The van der Waals surface area contributed by atoms with Crippen LogP contribution in [0.5, 0.6) is 0 Å². The van der Waals surface area contributed by atoms with Crippen LogP contribution in [0.3, 0.4) is 0 Å². The fourth-order valence-corrected chi connectivity index (χ4v) is 1.10. The number of hydrogen-bond acceptors (Lipinski definition) is 5. The molecule has 0 aromatic carbocycles. The zero-order valence-electron chi connectivity index (χ0n) is 7.59. The maximum atomic E-state index is 11.4. The van der Waals surface area contributed by atoms with Crippen LogP contribution in [0.1, 0.15) is 0 Å². The van der Waals surface area contributed by atoms with Gasteiger partial charge in [0.15, 0.2) is 23.0 Å². The molecule has 82 valence electrons. The number of nitrogens with two attached hydrogens (primary N) is 4. The van der Waals surface area contributed by atoms with Gasteiger partial charge < -0.3 is 22.9 Å². The molecule has 1 aliphatic rings. The summed E-state index contributed by atoms with van der Waals surface area (Å²) < 4.78 is 0. The van der Waals surface area contributed by atoms with Crippen molar-refractivity contribution >= 4 is 34.5 Å². The summed E-state index contributed by atoms with van der Waals surface area (Å²) in [7, 11) is 0. The Kier molecular flexibility index (Phi) is 3.22. The van der Waals surface area contributed by atoms with Crippen LogP contribution in [0.25, 0.3) is 0 Å². The Bertz CT molecular complexity index is 370. The molecule has 1 rings (SSSR count). The van der Waals surface area contributed by atoms with Gasteiger partial charge in [0.1, 0.15) is 6.17 Å². The van der Waals surface area contributed by atoms with Crippen molar-refractivity contribution in [3.63, 3.8) is 0 Å². The normalized spacial score (nSPS) is 25.2. The fraction of sp³-hybridized carbons (Fsp3) is 0.333. The average Bonchev–Trinajstić information content (AvgIpc) is 2.09. The van der Waals surface area contributed by atoms with E-state index < -0.39 is 18.1 Å². The molecule has 0 radical (unpaired) electrons. The Balaban J connectivity index is 2.91. The standard InChI is InChI=1S/C6H10ClN7O/c7-2-4(9)13-3(8)1(12-2)5(15)14-6(10)11/h1,3H,8H2,(H2,9,13)(H4,10,11,14,15). The van der Waals surface area contributed by atoms with Gasteiger partial charge in [0, 0.05) is 0 Å². The zero-order valence-corrected chi connectivity index (χ0v) is 8.35. The molecule has 2 unspecified atom stereocenters. The van der Waals surface area contributed by atoms with E-state index in [0.29, 0.717) is 0 Å². The average molecular weight is 232 g/mol. The van der Waals surface area contributed by atoms with E-state index in [9.17, 15) is 4.79 Å². The largest absolute Gasteiger partial charge is 0.381 e. The van der Waals surface area contributed by atoms with Gasteiger partial charge in [0.25, 0.3) is 5.91 Å². The van der Waals surface area contributed by atoms with Gasteiger partial charge in [0.05, 0.1) is 0 Å². The number of rotatable bonds is 1. The van der Waals surface area contributed by atoms with Crippen LogP contribution in [0, 0.1) is 0 Å². The highest BCUT2D eigenvalue weighted by molar-refractivity contribution is 6.83. The third-order valence-electron chi connectivity index (χ3n) is 1.57. The summed E-state index contributed by atoms with van der Waals surface area (Å²) in [4.78, 5) is 22.1. The first-order valence-electron chi connectivity index (χ1n) is 3.88. The molecule has 0 bridgehead atoms. The van der Waals surface area contributed by atoms with Crippen molar-refractivity contribution in [2.45, 2.75) is 12.2 Å². The fourth-order valence-electron chi connectivity index (χ4n) is 0.944. The lowest BCUT2D eigenvalue weighted by Gasteiger charge is -2.18. The van der Waals surface area contributed by atoms with Crippen molar-refractivity contribution in [3.05, 3.63) is 0 Å². The number of hydrogen-bond donors (Lipinski definition) is 4. The van der Waals surface area contributed by atoms with E-state index in [1.54, 1.807) is 0 Å². The second-order valence-electron chi connectivity index (χ2n) is 2.74. The summed E-state index contributed by atoms with van der Waals surface area (Å²) in [5.74, 6) is -1.10. The number of guanidine groups is 1. The molecule has 8 nitrogen and oxygen atoms in total.